The molecule has 0 aromatic heterocycles. The van der Waals surface area contributed by atoms with Crippen LogP contribution in [0, 0.1) is 0 Å². The number of rotatable bonds is 3. The molecule has 170 valence electrons. The molecule has 4 rings (SSSR count). The maximum Gasteiger partial charge on any atom is 0.321 e. The van der Waals surface area contributed by atoms with E-state index in [9.17, 15) is 9.59 Å². The van der Waals surface area contributed by atoms with Crippen LogP contribution < -0.4 is 20.1 Å². The van der Waals surface area contributed by atoms with E-state index in [-0.39, 0.29) is 24.5 Å². The molecule has 2 N–H and O–H groups in total. The molecule has 2 aliphatic heterocycles. The van der Waals surface area contributed by atoms with Crippen molar-refractivity contribution in [1.29, 1.82) is 0 Å². The van der Waals surface area contributed by atoms with Gasteiger partial charge in [0.05, 0.1) is 25.4 Å². The number of methoxy groups -OCH3 is 1. The molecule has 1 saturated heterocycles. The maximum atomic E-state index is 12.9. The van der Waals surface area contributed by atoms with E-state index < -0.39 is 0 Å². The summed E-state index contributed by atoms with van der Waals surface area (Å²) in [5, 5.41) is 5.93. The molecular formula is C24H30N4O4. The van der Waals surface area contributed by atoms with Gasteiger partial charge in [0.15, 0.2) is 0 Å². The molecule has 2 heterocycles. The first-order valence-electron chi connectivity index (χ1n) is 10.9. The maximum absolute atomic E-state index is 12.9. The van der Waals surface area contributed by atoms with E-state index in [4.69, 9.17) is 9.47 Å². The highest BCUT2D eigenvalue weighted by atomic mass is 16.5. The van der Waals surface area contributed by atoms with E-state index >= 15 is 0 Å². The minimum atomic E-state index is -0.177. The van der Waals surface area contributed by atoms with Crippen LogP contribution in [0.2, 0.25) is 0 Å². The number of nitrogens with zero attached hydrogens (tertiary/aromatic N) is 2. The zero-order valence-electron chi connectivity index (χ0n) is 18.8. The molecule has 0 spiro atoms. The monoisotopic (exact) mass is 438 g/mol. The van der Waals surface area contributed by atoms with Crippen molar-refractivity contribution in [2.75, 3.05) is 50.5 Å². The Balaban J connectivity index is 1.46. The fourth-order valence-corrected chi connectivity index (χ4v) is 4.04. The van der Waals surface area contributed by atoms with Crippen molar-refractivity contribution in [2.24, 2.45) is 0 Å². The Morgan fingerprint density at radius 2 is 2.06 bits per heavy atom. The summed E-state index contributed by atoms with van der Waals surface area (Å²) in [6.45, 7) is 6.50. The lowest BCUT2D eigenvalue weighted by Crippen LogP contribution is -2.58. The van der Waals surface area contributed by atoms with Crippen molar-refractivity contribution in [3.8, 4) is 11.5 Å². The molecule has 2 aromatic rings. The van der Waals surface area contributed by atoms with E-state index in [0.717, 1.165) is 5.56 Å². The summed E-state index contributed by atoms with van der Waals surface area (Å²) in [5.41, 5.74) is 2.52. The van der Waals surface area contributed by atoms with Crippen LogP contribution in [0.1, 0.15) is 25.3 Å². The molecule has 3 amide bonds. The number of fused-ring (bicyclic) bond motifs is 2. The van der Waals surface area contributed by atoms with Crippen LogP contribution in [0.5, 0.6) is 11.5 Å². The number of anilines is 2. The topological polar surface area (TPSA) is 83.1 Å². The number of ether oxygens (including phenoxy) is 2. The predicted octanol–water partition coefficient (Wildman–Crippen LogP) is 3.37. The normalized spacial score (nSPS) is 18.9. The van der Waals surface area contributed by atoms with E-state index in [0.29, 0.717) is 55.0 Å². The quantitative estimate of drug-likeness (QED) is 0.768. The molecule has 32 heavy (non-hydrogen) atoms. The number of hydrogen-bond donors (Lipinski definition) is 2. The number of carbonyl (C=O) groups is 2. The highest BCUT2D eigenvalue weighted by molar-refractivity contribution is 5.94. The van der Waals surface area contributed by atoms with Crippen LogP contribution in [0.3, 0.4) is 0 Å². The lowest BCUT2D eigenvalue weighted by molar-refractivity contribution is -0.118. The van der Waals surface area contributed by atoms with Gasteiger partial charge in [-0.15, -0.1) is 0 Å². The number of benzene rings is 2. The molecule has 0 bridgehead atoms. The van der Waals surface area contributed by atoms with E-state index in [1.54, 1.807) is 18.1 Å². The van der Waals surface area contributed by atoms with Crippen molar-refractivity contribution >= 4 is 23.3 Å². The van der Waals surface area contributed by atoms with Gasteiger partial charge in [0.1, 0.15) is 18.1 Å². The number of carbonyl (C=O) groups excluding carboxylic acids is 2. The SMILES string of the molecule is COc1cccc(NC(=O)N2CCN3CC(=O)Nc4cc(C(C)C)ccc4OC[C@@H]3C2)c1. The summed E-state index contributed by atoms with van der Waals surface area (Å²) in [6.07, 6.45) is 0. The molecule has 0 unspecified atom stereocenters. The largest absolute Gasteiger partial charge is 0.497 e. The fraction of sp³-hybridized carbons (Fsp3) is 0.417. The van der Waals surface area contributed by atoms with Gasteiger partial charge in [0, 0.05) is 31.4 Å². The Hall–Kier alpha value is -3.26. The first-order chi connectivity index (χ1) is 15.4. The summed E-state index contributed by atoms with van der Waals surface area (Å²) in [5.74, 6) is 1.62. The molecule has 0 radical (unpaired) electrons. The number of piperazine rings is 1. The summed E-state index contributed by atoms with van der Waals surface area (Å²) in [7, 11) is 1.59. The van der Waals surface area contributed by atoms with Gasteiger partial charge in [0.2, 0.25) is 5.91 Å². The Morgan fingerprint density at radius 3 is 2.84 bits per heavy atom. The molecule has 8 heteroatoms. The molecule has 2 aliphatic rings. The van der Waals surface area contributed by atoms with E-state index in [1.165, 1.54) is 0 Å². The second-order valence-corrected chi connectivity index (χ2v) is 8.50. The van der Waals surface area contributed by atoms with Crippen LogP contribution in [-0.2, 0) is 4.79 Å². The molecule has 0 saturated carbocycles. The van der Waals surface area contributed by atoms with Gasteiger partial charge >= 0.3 is 6.03 Å². The third-order valence-electron chi connectivity index (χ3n) is 5.94. The first kappa shape index (κ1) is 22.0. The smallest absolute Gasteiger partial charge is 0.321 e. The zero-order chi connectivity index (χ0) is 22.7. The zero-order valence-corrected chi connectivity index (χ0v) is 18.8. The van der Waals surface area contributed by atoms with Crippen LogP contribution in [0.15, 0.2) is 42.5 Å². The molecule has 1 fully saturated rings. The molecular weight excluding hydrogens is 408 g/mol. The Kier molecular flexibility index (Phi) is 6.50. The van der Waals surface area contributed by atoms with Gasteiger partial charge in [0.25, 0.3) is 0 Å². The first-order valence-corrected chi connectivity index (χ1v) is 10.9. The summed E-state index contributed by atoms with van der Waals surface area (Å²) in [4.78, 5) is 29.4. The average molecular weight is 439 g/mol. The Bertz CT molecular complexity index is 994. The van der Waals surface area contributed by atoms with E-state index in [2.05, 4.69) is 29.4 Å². The lowest BCUT2D eigenvalue weighted by atomic mass is 10.0. The average Bonchev–Trinajstić information content (AvgIpc) is 2.85. The molecule has 0 aliphatic carbocycles. The fourth-order valence-electron chi connectivity index (χ4n) is 4.04. The minimum Gasteiger partial charge on any atom is -0.497 e. The summed E-state index contributed by atoms with van der Waals surface area (Å²) < 4.78 is 11.3. The van der Waals surface area contributed by atoms with E-state index in [1.807, 2.05) is 36.4 Å². The van der Waals surface area contributed by atoms with Gasteiger partial charge in [-0.2, -0.15) is 0 Å². The van der Waals surface area contributed by atoms with Crippen molar-refractivity contribution < 1.29 is 19.1 Å². The highest BCUT2D eigenvalue weighted by Gasteiger charge is 2.32. The number of hydrogen-bond acceptors (Lipinski definition) is 5. The predicted molar refractivity (Wildman–Crippen MR) is 124 cm³/mol. The standard InChI is InChI=1S/C24H30N4O4/c1-16(2)17-7-8-22-21(11-17)26-23(29)14-27-9-10-28(13-19(27)15-32-22)24(30)25-18-5-4-6-20(12-18)31-3/h4-8,11-12,16,19H,9-10,13-15H2,1-3H3,(H,25,30)(H,26,29)/t19-/m0/s1. The lowest BCUT2D eigenvalue weighted by Gasteiger charge is -2.40. The number of nitrogens with one attached hydrogen (secondary N) is 2. The second-order valence-electron chi connectivity index (χ2n) is 8.50. The minimum absolute atomic E-state index is 0.0723. The molecule has 8 nitrogen and oxygen atoms in total. The van der Waals surface area contributed by atoms with Crippen molar-refractivity contribution in [3.05, 3.63) is 48.0 Å². The molecule has 1 atom stereocenters. The number of urea groups is 1. The highest BCUT2D eigenvalue weighted by Crippen LogP contribution is 2.30. The second kappa shape index (κ2) is 9.48. The molecule has 2 aromatic carbocycles. The van der Waals surface area contributed by atoms with Crippen molar-refractivity contribution in [1.82, 2.24) is 9.80 Å². The number of amides is 3. The van der Waals surface area contributed by atoms with Gasteiger partial charge in [-0.3, -0.25) is 9.69 Å². The Morgan fingerprint density at radius 1 is 1.22 bits per heavy atom. The van der Waals surface area contributed by atoms with Crippen LogP contribution in [0.4, 0.5) is 16.2 Å². The van der Waals surface area contributed by atoms with Gasteiger partial charge in [-0.25, -0.2) is 4.79 Å². The third-order valence-corrected chi connectivity index (χ3v) is 5.94. The van der Waals surface area contributed by atoms with Crippen LogP contribution in [0.25, 0.3) is 0 Å². The van der Waals surface area contributed by atoms with Gasteiger partial charge < -0.3 is 25.0 Å². The van der Waals surface area contributed by atoms with Crippen molar-refractivity contribution in [3.63, 3.8) is 0 Å². The Labute approximate surface area is 188 Å². The van der Waals surface area contributed by atoms with Crippen molar-refractivity contribution in [2.45, 2.75) is 25.8 Å². The summed E-state index contributed by atoms with van der Waals surface area (Å²) in [6, 6.07) is 12.9. The third kappa shape index (κ3) is 4.96. The van der Waals surface area contributed by atoms with Crippen LogP contribution >= 0.6 is 0 Å². The van der Waals surface area contributed by atoms with Crippen LogP contribution in [-0.4, -0.2) is 67.7 Å². The van der Waals surface area contributed by atoms with Gasteiger partial charge in [-0.1, -0.05) is 26.0 Å². The summed E-state index contributed by atoms with van der Waals surface area (Å²) >= 11 is 0. The van der Waals surface area contributed by atoms with Gasteiger partial charge in [-0.05, 0) is 35.7 Å².